The van der Waals surface area contributed by atoms with Crippen molar-refractivity contribution in [2.75, 3.05) is 31.2 Å². The lowest BCUT2D eigenvalue weighted by Crippen LogP contribution is -2.50. The zero-order chi connectivity index (χ0) is 30.5. The minimum atomic E-state index is -0.981. The smallest absolute Gasteiger partial charge is 0.410 e. The molecular formula is C32H50N2O7S. The fourth-order valence-corrected chi connectivity index (χ4v) is 6.71. The highest BCUT2D eigenvalue weighted by molar-refractivity contribution is 7.99. The number of carbonyl (C=O) groups excluding carboxylic acids is 2. The molecule has 3 heterocycles. The Kier molecular flexibility index (Phi) is 11.2. The molecule has 42 heavy (non-hydrogen) atoms. The zero-order valence-corrected chi connectivity index (χ0v) is 26.6. The first-order chi connectivity index (χ1) is 19.9. The molecule has 8 atom stereocenters. The van der Waals surface area contributed by atoms with Crippen molar-refractivity contribution < 1.29 is 34.0 Å². The van der Waals surface area contributed by atoms with Crippen LogP contribution in [-0.4, -0.2) is 100 Å². The molecule has 9 nitrogen and oxygen atoms in total. The molecular weight excluding hydrogens is 556 g/mol. The number of ether oxygens (including phenoxy) is 3. The van der Waals surface area contributed by atoms with Crippen molar-refractivity contribution in [3.05, 3.63) is 36.0 Å². The number of rotatable bonds is 12. The van der Waals surface area contributed by atoms with E-state index in [2.05, 4.69) is 25.2 Å². The highest BCUT2D eigenvalue weighted by atomic mass is 32.2. The van der Waals surface area contributed by atoms with Gasteiger partial charge in [0.15, 0.2) is 0 Å². The summed E-state index contributed by atoms with van der Waals surface area (Å²) in [6, 6.07) is -0.117. The zero-order valence-electron chi connectivity index (χ0n) is 25.8. The topological polar surface area (TPSA) is 121 Å². The molecule has 4 aliphatic rings. The Balaban J connectivity index is 1.18. The number of aliphatic hydroxyl groups is 2. The van der Waals surface area contributed by atoms with Gasteiger partial charge in [-0.2, -0.15) is 11.8 Å². The lowest BCUT2D eigenvalue weighted by molar-refractivity contribution is -0.123. The van der Waals surface area contributed by atoms with Crippen LogP contribution in [0.15, 0.2) is 36.0 Å². The average molecular weight is 607 g/mol. The van der Waals surface area contributed by atoms with Crippen molar-refractivity contribution in [1.29, 1.82) is 0 Å². The maximum absolute atomic E-state index is 12.6. The maximum atomic E-state index is 12.6. The molecule has 236 valence electrons. The third-order valence-corrected chi connectivity index (χ3v) is 10.00. The number of hydrogen-bond acceptors (Lipinski definition) is 8. The molecule has 4 rings (SSSR count). The first-order valence-corrected chi connectivity index (χ1v) is 16.6. The van der Waals surface area contributed by atoms with Crippen LogP contribution < -0.4 is 5.32 Å². The highest BCUT2D eigenvalue weighted by Crippen LogP contribution is 2.55. The number of amides is 2. The standard InChI is InChI=1S/C32H50N2O7S/c1-21(6-9-26(35)29(37)32(20-39-32)19-31(5)12-13-31)7-10-27-22(2)18-25(24(4)41-27)33-28(36)11-8-23(3)40-30(38)34-14-16-42-17-15-34/h6-9,11,22-27,29,35,37H,10,12-20H2,1-5H3,(H,33,36)/b9-6+,11-8-,21-7+/t22-,23-,24+,25+,26+,27-,29+,32+/m0/s1. The van der Waals surface area contributed by atoms with Gasteiger partial charge < -0.3 is 34.6 Å². The number of nitrogens with zero attached hydrogens (tertiary/aromatic N) is 1. The fraction of sp³-hybridized carbons (Fsp3) is 0.750. The summed E-state index contributed by atoms with van der Waals surface area (Å²) in [7, 11) is 0. The Labute approximate surface area is 255 Å². The van der Waals surface area contributed by atoms with E-state index in [1.54, 1.807) is 24.0 Å². The normalized spacial score (nSPS) is 33.3. The van der Waals surface area contributed by atoms with Gasteiger partial charge >= 0.3 is 6.09 Å². The maximum Gasteiger partial charge on any atom is 0.410 e. The van der Waals surface area contributed by atoms with Gasteiger partial charge in [-0.15, -0.1) is 0 Å². The highest BCUT2D eigenvalue weighted by Gasteiger charge is 2.58. The summed E-state index contributed by atoms with van der Waals surface area (Å²) in [6.45, 7) is 11.9. The van der Waals surface area contributed by atoms with Gasteiger partial charge in [-0.05, 0) is 70.3 Å². The van der Waals surface area contributed by atoms with Gasteiger partial charge in [0.1, 0.15) is 23.9 Å². The monoisotopic (exact) mass is 606 g/mol. The molecule has 2 amide bonds. The van der Waals surface area contributed by atoms with Crippen LogP contribution in [0.1, 0.15) is 66.7 Å². The summed E-state index contributed by atoms with van der Waals surface area (Å²) < 4.78 is 17.4. The minimum Gasteiger partial charge on any atom is -0.442 e. The molecule has 3 N–H and O–H groups in total. The second-order valence-electron chi connectivity index (χ2n) is 13.1. The van der Waals surface area contributed by atoms with E-state index in [1.807, 2.05) is 31.7 Å². The second-order valence-corrected chi connectivity index (χ2v) is 14.3. The number of nitrogens with one attached hydrogen (secondary N) is 1. The molecule has 0 unspecified atom stereocenters. The number of carbonyl (C=O) groups is 2. The van der Waals surface area contributed by atoms with E-state index in [9.17, 15) is 19.8 Å². The molecule has 0 radical (unpaired) electrons. The molecule has 0 aromatic heterocycles. The molecule has 4 fully saturated rings. The van der Waals surface area contributed by atoms with E-state index >= 15 is 0 Å². The van der Waals surface area contributed by atoms with E-state index in [1.165, 1.54) is 6.08 Å². The van der Waals surface area contributed by atoms with Crippen LogP contribution in [0.2, 0.25) is 0 Å². The second kappa shape index (κ2) is 14.3. The molecule has 0 spiro atoms. The van der Waals surface area contributed by atoms with Crippen LogP contribution in [0.25, 0.3) is 0 Å². The Bertz CT molecular complexity index is 1030. The summed E-state index contributed by atoms with van der Waals surface area (Å²) in [5.74, 6) is 1.83. The van der Waals surface area contributed by atoms with Gasteiger partial charge in [-0.1, -0.05) is 37.6 Å². The van der Waals surface area contributed by atoms with Gasteiger partial charge in [0, 0.05) is 30.7 Å². The molecule has 0 aromatic carbocycles. The van der Waals surface area contributed by atoms with E-state index in [4.69, 9.17) is 14.2 Å². The van der Waals surface area contributed by atoms with Crippen LogP contribution in [0.5, 0.6) is 0 Å². The summed E-state index contributed by atoms with van der Waals surface area (Å²) in [5, 5.41) is 24.3. The van der Waals surface area contributed by atoms with Gasteiger partial charge in [0.25, 0.3) is 0 Å². The van der Waals surface area contributed by atoms with Crippen LogP contribution >= 0.6 is 11.8 Å². The van der Waals surface area contributed by atoms with E-state index in [0.29, 0.717) is 26.1 Å². The Morgan fingerprint density at radius 1 is 1.17 bits per heavy atom. The number of thioether (sulfide) groups is 1. The number of aliphatic hydroxyl groups excluding tert-OH is 2. The summed E-state index contributed by atoms with van der Waals surface area (Å²) in [5.41, 5.74) is 0.622. The predicted octanol–water partition coefficient (Wildman–Crippen LogP) is 3.99. The molecule has 10 heteroatoms. The third-order valence-electron chi connectivity index (χ3n) is 9.05. The number of allylic oxidation sites excluding steroid dienone is 2. The summed E-state index contributed by atoms with van der Waals surface area (Å²) in [6.07, 6.45) is 10.3. The van der Waals surface area contributed by atoms with Crippen LogP contribution in [0.3, 0.4) is 0 Å². The van der Waals surface area contributed by atoms with Crippen molar-refractivity contribution in [3.8, 4) is 0 Å². The Morgan fingerprint density at radius 2 is 1.86 bits per heavy atom. The SMILES string of the molecule is CC(/C=C/[C@@H](O)[C@@H](O)[C@@]1(CC2(C)CC2)CO1)=C\C[C@@H]1O[C@H](C)[C@H](NC(=O)/C=C\[C@H](C)OC(=O)N2CCSCC2)C[C@@H]1C. The van der Waals surface area contributed by atoms with E-state index < -0.39 is 23.9 Å². The van der Waals surface area contributed by atoms with Crippen molar-refractivity contribution in [2.45, 2.75) is 109 Å². The Morgan fingerprint density at radius 3 is 2.50 bits per heavy atom. The van der Waals surface area contributed by atoms with E-state index in [0.717, 1.165) is 42.8 Å². The van der Waals surface area contributed by atoms with Crippen LogP contribution in [0, 0.1) is 11.3 Å². The predicted molar refractivity (Wildman–Crippen MR) is 164 cm³/mol. The molecule has 3 aliphatic heterocycles. The van der Waals surface area contributed by atoms with Crippen molar-refractivity contribution >= 4 is 23.8 Å². The van der Waals surface area contributed by atoms with Crippen LogP contribution in [-0.2, 0) is 19.0 Å². The van der Waals surface area contributed by atoms with Gasteiger partial charge in [0.2, 0.25) is 5.91 Å². The molecule has 1 saturated carbocycles. The lowest BCUT2D eigenvalue weighted by atomic mass is 9.87. The van der Waals surface area contributed by atoms with Gasteiger partial charge in [0.05, 0.1) is 24.9 Å². The molecule has 1 aliphatic carbocycles. The van der Waals surface area contributed by atoms with Crippen molar-refractivity contribution in [3.63, 3.8) is 0 Å². The molecule has 0 bridgehead atoms. The van der Waals surface area contributed by atoms with Crippen molar-refractivity contribution in [2.24, 2.45) is 11.3 Å². The minimum absolute atomic E-state index is 0.0117. The lowest BCUT2D eigenvalue weighted by Gasteiger charge is -2.39. The summed E-state index contributed by atoms with van der Waals surface area (Å²) in [4.78, 5) is 26.6. The molecule has 0 aromatic rings. The summed E-state index contributed by atoms with van der Waals surface area (Å²) >= 11 is 1.83. The largest absolute Gasteiger partial charge is 0.442 e. The Hall–Kier alpha value is -1.85. The first-order valence-electron chi connectivity index (χ1n) is 15.4. The van der Waals surface area contributed by atoms with Crippen molar-refractivity contribution in [1.82, 2.24) is 10.2 Å². The molecule has 3 saturated heterocycles. The first kappa shape index (κ1) is 33.1. The van der Waals surface area contributed by atoms with Gasteiger partial charge in [-0.3, -0.25) is 4.79 Å². The van der Waals surface area contributed by atoms with Gasteiger partial charge in [-0.25, -0.2) is 4.79 Å². The number of hydrogen-bond donors (Lipinski definition) is 3. The quantitative estimate of drug-likeness (QED) is 0.173. The van der Waals surface area contributed by atoms with Crippen LogP contribution in [0.4, 0.5) is 4.79 Å². The fourth-order valence-electron chi connectivity index (χ4n) is 5.80. The third kappa shape index (κ3) is 9.32. The number of epoxide rings is 1. The van der Waals surface area contributed by atoms with E-state index in [-0.39, 0.29) is 41.6 Å². The average Bonchev–Trinajstić information content (AvgIpc) is 3.90.